The lowest BCUT2D eigenvalue weighted by molar-refractivity contribution is -0.919. The first-order valence-corrected chi connectivity index (χ1v) is 10.1. The minimum Gasteiger partial charge on any atom is -0.493 e. The van der Waals surface area contributed by atoms with Gasteiger partial charge in [-0.25, -0.2) is 0 Å². The molecule has 3 rings (SSSR count). The summed E-state index contributed by atoms with van der Waals surface area (Å²) in [4.78, 5) is 27.5. The van der Waals surface area contributed by atoms with Crippen molar-refractivity contribution in [2.24, 2.45) is 17.6 Å². The third-order valence-electron chi connectivity index (χ3n) is 6.15. The molecule has 2 fully saturated rings. The molecule has 3 N–H and O–H groups in total. The number of amides is 2. The Bertz CT molecular complexity index is 693. The van der Waals surface area contributed by atoms with Crippen molar-refractivity contribution in [3.05, 3.63) is 23.8 Å². The second-order valence-electron chi connectivity index (χ2n) is 7.89. The number of benzene rings is 1. The second-order valence-corrected chi connectivity index (χ2v) is 7.89. The molecule has 1 aromatic rings. The molecular formula is C21H32N3O4+. The van der Waals surface area contributed by atoms with Gasteiger partial charge in [0.05, 0.1) is 27.3 Å². The Kier molecular flexibility index (Phi) is 6.78. The SMILES string of the molecule is COc1ccc(C[NH+]2CCC(C(=O)N3CCC(C(N)=O)CC3)CC2)cc1OC. The van der Waals surface area contributed by atoms with Gasteiger partial charge in [-0.2, -0.15) is 0 Å². The zero-order valence-corrected chi connectivity index (χ0v) is 16.9. The number of nitrogens with one attached hydrogen (secondary N) is 1. The van der Waals surface area contributed by atoms with E-state index in [4.69, 9.17) is 15.2 Å². The fourth-order valence-corrected chi connectivity index (χ4v) is 4.37. The van der Waals surface area contributed by atoms with Gasteiger partial charge in [0.15, 0.2) is 11.5 Å². The van der Waals surface area contributed by atoms with Crippen molar-refractivity contribution < 1.29 is 24.0 Å². The first kappa shape index (κ1) is 20.5. The normalized spacial score (nSPS) is 23.3. The van der Waals surface area contributed by atoms with Gasteiger partial charge in [0.2, 0.25) is 11.8 Å². The minimum absolute atomic E-state index is 0.0724. The molecule has 0 saturated carbocycles. The van der Waals surface area contributed by atoms with E-state index in [2.05, 4.69) is 6.07 Å². The molecule has 7 heteroatoms. The number of hydrogen-bond acceptors (Lipinski definition) is 4. The monoisotopic (exact) mass is 390 g/mol. The van der Waals surface area contributed by atoms with E-state index in [-0.39, 0.29) is 23.7 Å². The van der Waals surface area contributed by atoms with Gasteiger partial charge in [0, 0.05) is 43.3 Å². The smallest absolute Gasteiger partial charge is 0.226 e. The van der Waals surface area contributed by atoms with Gasteiger partial charge in [-0.3, -0.25) is 9.59 Å². The van der Waals surface area contributed by atoms with Crippen molar-refractivity contribution in [1.82, 2.24) is 4.90 Å². The van der Waals surface area contributed by atoms with Crippen LogP contribution in [0.4, 0.5) is 0 Å². The predicted octanol–water partition coefficient (Wildman–Crippen LogP) is 0.223. The Morgan fingerprint density at radius 3 is 2.25 bits per heavy atom. The van der Waals surface area contributed by atoms with Gasteiger partial charge in [-0.1, -0.05) is 0 Å². The van der Waals surface area contributed by atoms with Gasteiger partial charge in [-0.15, -0.1) is 0 Å². The molecule has 0 radical (unpaired) electrons. The largest absolute Gasteiger partial charge is 0.493 e. The topological polar surface area (TPSA) is 86.3 Å². The Balaban J connectivity index is 1.48. The zero-order chi connectivity index (χ0) is 20.1. The number of likely N-dealkylation sites (tertiary alicyclic amines) is 2. The minimum atomic E-state index is -0.237. The van der Waals surface area contributed by atoms with Crippen LogP contribution in [0.1, 0.15) is 31.2 Å². The molecule has 28 heavy (non-hydrogen) atoms. The molecule has 2 aliphatic rings. The summed E-state index contributed by atoms with van der Waals surface area (Å²) in [6.07, 6.45) is 3.23. The highest BCUT2D eigenvalue weighted by molar-refractivity contribution is 5.80. The molecule has 2 heterocycles. The summed E-state index contributed by atoms with van der Waals surface area (Å²) in [5, 5.41) is 0. The number of hydrogen-bond donors (Lipinski definition) is 2. The van der Waals surface area contributed by atoms with E-state index in [9.17, 15) is 9.59 Å². The molecule has 2 saturated heterocycles. The average Bonchev–Trinajstić information content (AvgIpc) is 2.73. The number of carbonyl (C=O) groups excluding carboxylic acids is 2. The molecule has 2 amide bonds. The number of piperidine rings is 2. The molecule has 0 aliphatic carbocycles. The number of carbonyl (C=O) groups is 2. The van der Waals surface area contributed by atoms with E-state index in [1.807, 2.05) is 17.0 Å². The molecule has 0 unspecified atom stereocenters. The van der Waals surface area contributed by atoms with Crippen molar-refractivity contribution in [2.45, 2.75) is 32.2 Å². The third kappa shape index (κ3) is 4.76. The highest BCUT2D eigenvalue weighted by Crippen LogP contribution is 2.27. The van der Waals surface area contributed by atoms with Gasteiger partial charge in [0.25, 0.3) is 0 Å². The van der Waals surface area contributed by atoms with Gasteiger partial charge in [0.1, 0.15) is 6.54 Å². The second kappa shape index (κ2) is 9.28. The summed E-state index contributed by atoms with van der Waals surface area (Å²) in [5.41, 5.74) is 6.60. The van der Waals surface area contributed by atoms with Crippen molar-refractivity contribution in [3.63, 3.8) is 0 Å². The van der Waals surface area contributed by atoms with Crippen molar-refractivity contribution in [1.29, 1.82) is 0 Å². The summed E-state index contributed by atoms with van der Waals surface area (Å²) >= 11 is 0. The maximum absolute atomic E-state index is 12.8. The van der Waals surface area contributed by atoms with Crippen LogP contribution in [0, 0.1) is 11.8 Å². The number of nitrogens with zero attached hydrogens (tertiary/aromatic N) is 1. The van der Waals surface area contributed by atoms with Crippen LogP contribution in [-0.2, 0) is 16.1 Å². The van der Waals surface area contributed by atoms with E-state index in [0.29, 0.717) is 25.9 Å². The maximum Gasteiger partial charge on any atom is 0.226 e. The van der Waals surface area contributed by atoms with Crippen LogP contribution in [0.15, 0.2) is 18.2 Å². The first-order valence-electron chi connectivity index (χ1n) is 10.1. The Morgan fingerprint density at radius 1 is 1.04 bits per heavy atom. The van der Waals surface area contributed by atoms with Crippen LogP contribution < -0.4 is 20.1 Å². The van der Waals surface area contributed by atoms with Crippen molar-refractivity contribution >= 4 is 11.8 Å². The number of rotatable bonds is 6. The van der Waals surface area contributed by atoms with Crippen LogP contribution in [-0.4, -0.2) is 57.1 Å². The van der Waals surface area contributed by atoms with Gasteiger partial charge >= 0.3 is 0 Å². The molecule has 0 aromatic heterocycles. The van der Waals surface area contributed by atoms with E-state index in [1.54, 1.807) is 14.2 Å². The number of quaternary nitrogens is 1. The third-order valence-corrected chi connectivity index (χ3v) is 6.15. The van der Waals surface area contributed by atoms with Crippen LogP contribution in [0.3, 0.4) is 0 Å². The van der Waals surface area contributed by atoms with Crippen LogP contribution >= 0.6 is 0 Å². The number of primary amides is 1. The summed E-state index contributed by atoms with van der Waals surface area (Å²) in [7, 11) is 3.29. The number of nitrogens with two attached hydrogens (primary N) is 1. The highest BCUT2D eigenvalue weighted by Gasteiger charge is 2.33. The fraction of sp³-hybridized carbons (Fsp3) is 0.619. The Hall–Kier alpha value is -2.28. The lowest BCUT2D eigenvalue weighted by Gasteiger charge is -2.35. The standard InChI is InChI=1S/C21H31N3O4/c1-27-18-4-3-15(13-19(18)28-2)14-23-9-5-17(6-10-23)21(26)24-11-7-16(8-12-24)20(22)25/h3-4,13,16-17H,5-12,14H2,1-2H3,(H2,22,25)/p+1. The molecule has 0 bridgehead atoms. The molecular weight excluding hydrogens is 358 g/mol. The van der Waals surface area contributed by atoms with E-state index < -0.39 is 0 Å². The van der Waals surface area contributed by atoms with Crippen LogP contribution in [0.2, 0.25) is 0 Å². The zero-order valence-electron chi connectivity index (χ0n) is 16.9. The summed E-state index contributed by atoms with van der Waals surface area (Å²) in [6.45, 7) is 4.21. The number of ether oxygens (including phenoxy) is 2. The van der Waals surface area contributed by atoms with Crippen LogP contribution in [0.25, 0.3) is 0 Å². The highest BCUT2D eigenvalue weighted by atomic mass is 16.5. The molecule has 0 atom stereocenters. The molecule has 2 aliphatic heterocycles. The lowest BCUT2D eigenvalue weighted by atomic mass is 9.91. The van der Waals surface area contributed by atoms with E-state index in [0.717, 1.165) is 44.0 Å². The molecule has 0 spiro atoms. The fourth-order valence-electron chi connectivity index (χ4n) is 4.37. The number of methoxy groups -OCH3 is 2. The quantitative estimate of drug-likeness (QED) is 0.728. The Labute approximate surface area is 166 Å². The van der Waals surface area contributed by atoms with Crippen molar-refractivity contribution in [3.8, 4) is 11.5 Å². The van der Waals surface area contributed by atoms with Gasteiger partial charge in [-0.05, 0) is 31.0 Å². The Morgan fingerprint density at radius 2 is 1.68 bits per heavy atom. The van der Waals surface area contributed by atoms with Gasteiger partial charge < -0.3 is 25.0 Å². The predicted molar refractivity (Wildman–Crippen MR) is 105 cm³/mol. The molecule has 1 aromatic carbocycles. The average molecular weight is 391 g/mol. The van der Waals surface area contributed by atoms with E-state index in [1.165, 1.54) is 10.5 Å². The van der Waals surface area contributed by atoms with E-state index >= 15 is 0 Å². The summed E-state index contributed by atoms with van der Waals surface area (Å²) < 4.78 is 10.7. The first-order chi connectivity index (χ1) is 13.5. The van der Waals surface area contributed by atoms with Crippen LogP contribution in [0.5, 0.6) is 11.5 Å². The maximum atomic E-state index is 12.8. The molecule has 154 valence electrons. The van der Waals surface area contributed by atoms with Crippen molar-refractivity contribution in [2.75, 3.05) is 40.4 Å². The summed E-state index contributed by atoms with van der Waals surface area (Å²) in [6, 6.07) is 6.06. The summed E-state index contributed by atoms with van der Waals surface area (Å²) in [5.74, 6) is 1.55. The lowest BCUT2D eigenvalue weighted by Crippen LogP contribution is -3.11. The molecule has 7 nitrogen and oxygen atoms in total.